The molecule has 0 aromatic rings. The molecule has 0 amide bonds. The Morgan fingerprint density at radius 1 is 0.667 bits per heavy atom. The number of rotatable bonds is 8. The van der Waals surface area contributed by atoms with Crippen LogP contribution < -0.4 is 0 Å². The molecule has 0 aliphatic carbocycles. The molecule has 2 rings (SSSR count). The summed E-state index contributed by atoms with van der Waals surface area (Å²) in [6, 6.07) is 0. The number of ether oxygens (including phenoxy) is 5. The molecule has 2 aliphatic rings. The minimum absolute atomic E-state index is 0.0457. The monoisotopic (exact) mass is 396 g/mol. The maximum absolute atomic E-state index is 10.3. The van der Waals surface area contributed by atoms with Crippen molar-refractivity contribution in [2.75, 3.05) is 34.0 Å². The number of hydrogen-bond acceptors (Lipinski definition) is 10. The van der Waals surface area contributed by atoms with Crippen molar-refractivity contribution in [2.24, 2.45) is 0 Å². The molecular formula is C17H32O10. The Morgan fingerprint density at radius 3 is 1.67 bits per heavy atom. The van der Waals surface area contributed by atoms with Crippen molar-refractivity contribution in [3.63, 3.8) is 0 Å². The van der Waals surface area contributed by atoms with Crippen molar-refractivity contribution in [2.45, 2.75) is 74.4 Å². The van der Waals surface area contributed by atoms with E-state index in [9.17, 15) is 25.5 Å². The van der Waals surface area contributed by atoms with Crippen molar-refractivity contribution in [1.82, 2.24) is 0 Å². The van der Waals surface area contributed by atoms with E-state index < -0.39 is 61.0 Å². The Kier molecular flexibility index (Phi) is 8.81. The molecule has 2 aliphatic heterocycles. The van der Waals surface area contributed by atoms with Crippen LogP contribution in [0.5, 0.6) is 0 Å². The van der Waals surface area contributed by atoms with Gasteiger partial charge >= 0.3 is 0 Å². The lowest BCUT2D eigenvalue weighted by Crippen LogP contribution is -2.61. The molecule has 2 heterocycles. The zero-order valence-corrected chi connectivity index (χ0v) is 15.9. The number of aliphatic hydroxyl groups is 5. The Bertz CT molecular complexity index is 436. The van der Waals surface area contributed by atoms with Gasteiger partial charge in [0.2, 0.25) is 0 Å². The highest BCUT2D eigenvalue weighted by Gasteiger charge is 2.46. The molecule has 5 N–H and O–H groups in total. The van der Waals surface area contributed by atoms with Crippen LogP contribution in [0.1, 0.15) is 13.3 Å². The van der Waals surface area contributed by atoms with Crippen molar-refractivity contribution in [3.8, 4) is 0 Å². The summed E-state index contributed by atoms with van der Waals surface area (Å²) in [4.78, 5) is 0. The van der Waals surface area contributed by atoms with Gasteiger partial charge in [-0.2, -0.15) is 0 Å². The van der Waals surface area contributed by atoms with Gasteiger partial charge in [0.25, 0.3) is 0 Å². The maximum atomic E-state index is 10.3. The van der Waals surface area contributed by atoms with E-state index in [-0.39, 0.29) is 19.8 Å². The fraction of sp³-hybridized carbons (Fsp3) is 1.00. The average Bonchev–Trinajstić information content (AvgIpc) is 2.65. The zero-order chi connectivity index (χ0) is 20.1. The Labute approximate surface area is 158 Å². The second-order valence-corrected chi connectivity index (χ2v) is 6.98. The molecule has 10 nitrogen and oxygen atoms in total. The van der Waals surface area contributed by atoms with Gasteiger partial charge in [-0.25, -0.2) is 0 Å². The normalized spacial score (nSPS) is 45.8. The number of aliphatic hydroxyl groups excluding tert-OH is 5. The second-order valence-electron chi connectivity index (χ2n) is 6.98. The first kappa shape index (κ1) is 22.9. The summed E-state index contributed by atoms with van der Waals surface area (Å²) in [5, 5.41) is 50.4. The lowest BCUT2D eigenvalue weighted by Gasteiger charge is -2.42. The van der Waals surface area contributed by atoms with Crippen molar-refractivity contribution in [1.29, 1.82) is 0 Å². The van der Waals surface area contributed by atoms with Crippen LogP contribution in [-0.4, -0.2) is 121 Å². The van der Waals surface area contributed by atoms with Gasteiger partial charge in [0.05, 0.1) is 25.9 Å². The highest BCUT2D eigenvalue weighted by atomic mass is 16.6. The van der Waals surface area contributed by atoms with Gasteiger partial charge in [0, 0.05) is 14.2 Å². The molecule has 10 heteroatoms. The van der Waals surface area contributed by atoms with Crippen LogP contribution in [-0.2, 0) is 23.7 Å². The summed E-state index contributed by atoms with van der Waals surface area (Å²) < 4.78 is 27.0. The SMILES string of the molecule is CC[C@H]1O[C@H](COC[C@H]2O[C@@H](COC)[C@@H](O)[C@@H](OC)[C@H]2O)[C@@H](O)[C@@H](O)[C@H]1O. The van der Waals surface area contributed by atoms with Crippen molar-refractivity contribution >= 4 is 0 Å². The molecule has 0 spiro atoms. The van der Waals surface area contributed by atoms with Crippen molar-refractivity contribution < 1.29 is 49.2 Å². The second kappa shape index (κ2) is 10.4. The van der Waals surface area contributed by atoms with Crippen LogP contribution >= 0.6 is 0 Å². The standard InChI is InChI=1S/C17H32O10/c1-4-8-12(18)16(22)13(19)10(26-8)6-25-7-11-15(21)17(24-3)14(20)9(27-11)5-23-2/h8-22H,4-7H2,1-3H3/t8-,9+,10-,11-,12+,13-,14-,15+,16+,17-/m1/s1. The summed E-state index contributed by atoms with van der Waals surface area (Å²) in [5.74, 6) is 0. The molecule has 0 bridgehead atoms. The average molecular weight is 396 g/mol. The van der Waals surface area contributed by atoms with Gasteiger partial charge in [-0.3, -0.25) is 0 Å². The molecule has 0 unspecified atom stereocenters. The predicted octanol–water partition coefficient (Wildman–Crippen LogP) is -2.59. The molecule has 0 saturated carbocycles. The quantitative estimate of drug-likeness (QED) is 0.296. The van der Waals surface area contributed by atoms with Crippen LogP contribution in [0.15, 0.2) is 0 Å². The van der Waals surface area contributed by atoms with Gasteiger partial charge in [-0.05, 0) is 6.42 Å². The van der Waals surface area contributed by atoms with Gasteiger partial charge in [0.15, 0.2) is 0 Å². The predicted molar refractivity (Wildman–Crippen MR) is 91.1 cm³/mol. The fourth-order valence-electron chi connectivity index (χ4n) is 3.53. The summed E-state index contributed by atoms with van der Waals surface area (Å²) in [7, 11) is 2.86. The highest BCUT2D eigenvalue weighted by Crippen LogP contribution is 2.26. The molecule has 0 aromatic heterocycles. The molecule has 10 atom stereocenters. The summed E-state index contributed by atoms with van der Waals surface area (Å²) in [6.45, 7) is 1.81. The van der Waals surface area contributed by atoms with Crippen LogP contribution in [0.25, 0.3) is 0 Å². The summed E-state index contributed by atoms with van der Waals surface area (Å²) >= 11 is 0. The first-order valence-corrected chi connectivity index (χ1v) is 9.16. The molecule has 2 saturated heterocycles. The molecule has 2 fully saturated rings. The van der Waals surface area contributed by atoms with Crippen LogP contribution in [0.2, 0.25) is 0 Å². The Hall–Kier alpha value is -0.400. The lowest BCUT2D eigenvalue weighted by atomic mass is 9.94. The molecule has 0 aromatic carbocycles. The van der Waals surface area contributed by atoms with E-state index >= 15 is 0 Å². The fourth-order valence-corrected chi connectivity index (χ4v) is 3.53. The van der Waals surface area contributed by atoms with Crippen LogP contribution in [0.4, 0.5) is 0 Å². The van der Waals surface area contributed by atoms with Gasteiger partial charge in [-0.15, -0.1) is 0 Å². The topological polar surface area (TPSA) is 147 Å². The van der Waals surface area contributed by atoms with E-state index in [1.54, 1.807) is 6.92 Å². The van der Waals surface area contributed by atoms with E-state index in [1.165, 1.54) is 14.2 Å². The van der Waals surface area contributed by atoms with Crippen molar-refractivity contribution in [3.05, 3.63) is 0 Å². The zero-order valence-electron chi connectivity index (χ0n) is 15.9. The first-order valence-electron chi connectivity index (χ1n) is 9.16. The van der Waals surface area contributed by atoms with E-state index in [2.05, 4.69) is 0 Å². The van der Waals surface area contributed by atoms with Gasteiger partial charge in [-0.1, -0.05) is 6.92 Å². The molecule has 0 radical (unpaired) electrons. The Balaban J connectivity index is 1.91. The van der Waals surface area contributed by atoms with E-state index in [0.717, 1.165) is 0 Å². The molecule has 160 valence electrons. The third kappa shape index (κ3) is 5.15. The Morgan fingerprint density at radius 2 is 1.15 bits per heavy atom. The van der Waals surface area contributed by atoms with E-state index in [4.69, 9.17) is 23.7 Å². The molecule has 27 heavy (non-hydrogen) atoms. The first-order chi connectivity index (χ1) is 12.8. The van der Waals surface area contributed by atoms with E-state index in [0.29, 0.717) is 6.42 Å². The lowest BCUT2D eigenvalue weighted by molar-refractivity contribution is -0.256. The maximum Gasteiger partial charge on any atom is 0.114 e. The number of hydrogen-bond donors (Lipinski definition) is 5. The highest BCUT2D eigenvalue weighted by molar-refractivity contribution is 4.94. The minimum Gasteiger partial charge on any atom is -0.388 e. The third-order valence-corrected chi connectivity index (χ3v) is 5.17. The summed E-state index contributed by atoms with van der Waals surface area (Å²) in [6.07, 6.45) is -9.24. The third-order valence-electron chi connectivity index (χ3n) is 5.17. The van der Waals surface area contributed by atoms with Crippen LogP contribution in [0, 0.1) is 0 Å². The minimum atomic E-state index is -1.33. The van der Waals surface area contributed by atoms with E-state index in [1.807, 2.05) is 0 Å². The van der Waals surface area contributed by atoms with Gasteiger partial charge < -0.3 is 49.2 Å². The van der Waals surface area contributed by atoms with Gasteiger partial charge in [0.1, 0.15) is 54.9 Å². The smallest absolute Gasteiger partial charge is 0.114 e. The van der Waals surface area contributed by atoms with Crippen LogP contribution in [0.3, 0.4) is 0 Å². The summed E-state index contributed by atoms with van der Waals surface area (Å²) in [5.41, 5.74) is 0. The largest absolute Gasteiger partial charge is 0.388 e. The number of methoxy groups -OCH3 is 2. The molecular weight excluding hydrogens is 364 g/mol.